The summed E-state index contributed by atoms with van der Waals surface area (Å²) in [6.45, 7) is 4.66. The lowest BCUT2D eigenvalue weighted by atomic mass is 10.2. The zero-order valence-electron chi connectivity index (χ0n) is 15.7. The number of likely N-dealkylation sites (N-methyl/N-ethyl adjacent to an activating group) is 1. The van der Waals surface area contributed by atoms with Gasteiger partial charge in [-0.05, 0) is 19.2 Å². The maximum absolute atomic E-state index is 13.2. The quantitative estimate of drug-likeness (QED) is 0.721. The molecule has 1 aliphatic heterocycles. The fraction of sp³-hybridized carbons (Fsp3) is 0.450. The molecule has 3 aromatic rings. The second kappa shape index (κ2) is 6.78. The van der Waals surface area contributed by atoms with Crippen LogP contribution in [-0.2, 0) is 18.3 Å². The maximum Gasteiger partial charge on any atom is 0.270 e. The summed E-state index contributed by atoms with van der Waals surface area (Å²) < 4.78 is 9.63. The Kier molecular flexibility index (Phi) is 4.46. The molecule has 4 rings (SSSR count). The molecule has 1 aromatic carbocycles. The van der Waals surface area contributed by atoms with Crippen LogP contribution < -0.4 is 0 Å². The molecular weight excluding hydrogens is 328 g/mol. The first-order chi connectivity index (χ1) is 12.6. The zero-order chi connectivity index (χ0) is 18.3. The number of rotatable bonds is 4. The minimum absolute atomic E-state index is 0.120. The summed E-state index contributed by atoms with van der Waals surface area (Å²) in [4.78, 5) is 17.5. The van der Waals surface area contributed by atoms with E-state index in [0.717, 1.165) is 42.9 Å². The second-order valence-electron chi connectivity index (χ2n) is 7.08. The van der Waals surface area contributed by atoms with Gasteiger partial charge in [-0.3, -0.25) is 4.79 Å². The molecule has 1 aliphatic rings. The summed E-state index contributed by atoms with van der Waals surface area (Å²) in [6, 6.07) is 10.4. The second-order valence-corrected chi connectivity index (χ2v) is 7.08. The van der Waals surface area contributed by atoms with E-state index in [1.807, 2.05) is 11.0 Å². The van der Waals surface area contributed by atoms with Crippen LogP contribution in [0.4, 0.5) is 0 Å². The lowest BCUT2D eigenvalue weighted by Gasteiger charge is -2.32. The van der Waals surface area contributed by atoms with E-state index >= 15 is 0 Å². The molecule has 0 saturated carbocycles. The van der Waals surface area contributed by atoms with Crippen LogP contribution >= 0.6 is 0 Å². The highest BCUT2D eigenvalue weighted by Gasteiger charge is 2.26. The Morgan fingerprint density at radius 2 is 1.81 bits per heavy atom. The van der Waals surface area contributed by atoms with Crippen LogP contribution in [0.25, 0.3) is 21.9 Å². The number of nitrogens with zero attached hydrogens (tertiary/aromatic N) is 4. The Labute approximate surface area is 153 Å². The SMILES string of the molecule is COCCn1c(C(=O)N2CCN(C)CC2)cc2c1c1ccccc1n2C. The number of carbonyl (C=O) groups excluding carboxylic acids is 1. The van der Waals surface area contributed by atoms with E-state index < -0.39 is 0 Å². The Balaban J connectivity index is 1.83. The van der Waals surface area contributed by atoms with E-state index in [1.165, 1.54) is 10.9 Å². The average Bonchev–Trinajstić information content (AvgIpc) is 3.17. The summed E-state index contributed by atoms with van der Waals surface area (Å²) in [5.74, 6) is 0.120. The van der Waals surface area contributed by atoms with Crippen LogP contribution in [0.1, 0.15) is 10.5 Å². The minimum Gasteiger partial charge on any atom is -0.383 e. The van der Waals surface area contributed by atoms with Crippen molar-refractivity contribution in [3.05, 3.63) is 36.0 Å². The average molecular weight is 354 g/mol. The summed E-state index contributed by atoms with van der Waals surface area (Å²) in [6.07, 6.45) is 0. The van der Waals surface area contributed by atoms with E-state index in [2.05, 4.69) is 52.4 Å². The number of fused-ring (bicyclic) bond motifs is 3. The van der Waals surface area contributed by atoms with Crippen molar-refractivity contribution in [3.8, 4) is 0 Å². The molecule has 0 N–H and O–H groups in total. The summed E-state index contributed by atoms with van der Waals surface area (Å²) >= 11 is 0. The Morgan fingerprint density at radius 3 is 2.54 bits per heavy atom. The number of hydrogen-bond donors (Lipinski definition) is 0. The molecule has 26 heavy (non-hydrogen) atoms. The van der Waals surface area contributed by atoms with Gasteiger partial charge in [0.05, 0.1) is 23.2 Å². The molecule has 0 unspecified atom stereocenters. The largest absolute Gasteiger partial charge is 0.383 e. The van der Waals surface area contributed by atoms with Gasteiger partial charge in [0.2, 0.25) is 0 Å². The zero-order valence-corrected chi connectivity index (χ0v) is 15.7. The Bertz CT molecular complexity index is 948. The molecule has 0 aliphatic carbocycles. The lowest BCUT2D eigenvalue weighted by Crippen LogP contribution is -2.47. The molecular formula is C20H26N4O2. The van der Waals surface area contributed by atoms with Crippen molar-refractivity contribution in [1.29, 1.82) is 0 Å². The normalized spacial score (nSPS) is 16.0. The summed E-state index contributed by atoms with van der Waals surface area (Å²) in [5, 5.41) is 1.18. The molecule has 0 bridgehead atoms. The van der Waals surface area contributed by atoms with Crippen molar-refractivity contribution in [2.24, 2.45) is 7.05 Å². The summed E-state index contributed by atoms with van der Waals surface area (Å²) in [7, 11) is 5.87. The van der Waals surface area contributed by atoms with E-state index in [-0.39, 0.29) is 5.91 Å². The molecule has 138 valence electrons. The van der Waals surface area contributed by atoms with Crippen LogP contribution in [0.3, 0.4) is 0 Å². The molecule has 0 atom stereocenters. The van der Waals surface area contributed by atoms with E-state index in [0.29, 0.717) is 13.2 Å². The number of amides is 1. The van der Waals surface area contributed by atoms with Gasteiger partial charge in [-0.15, -0.1) is 0 Å². The van der Waals surface area contributed by atoms with Crippen LogP contribution in [0.5, 0.6) is 0 Å². The third kappa shape index (κ3) is 2.70. The number of para-hydroxylation sites is 1. The molecule has 1 saturated heterocycles. The first-order valence-electron chi connectivity index (χ1n) is 9.15. The lowest BCUT2D eigenvalue weighted by molar-refractivity contribution is 0.0651. The summed E-state index contributed by atoms with van der Waals surface area (Å²) in [5.41, 5.74) is 4.16. The third-order valence-corrected chi connectivity index (χ3v) is 5.49. The van der Waals surface area contributed by atoms with Crippen molar-refractivity contribution in [2.75, 3.05) is 46.9 Å². The third-order valence-electron chi connectivity index (χ3n) is 5.49. The fourth-order valence-electron chi connectivity index (χ4n) is 3.93. The molecule has 6 heteroatoms. The number of piperazine rings is 1. The maximum atomic E-state index is 13.2. The number of carbonyl (C=O) groups is 1. The monoisotopic (exact) mass is 354 g/mol. The van der Waals surface area contributed by atoms with Crippen LogP contribution in [-0.4, -0.2) is 71.8 Å². The van der Waals surface area contributed by atoms with Crippen molar-refractivity contribution in [2.45, 2.75) is 6.54 Å². The van der Waals surface area contributed by atoms with Crippen LogP contribution in [0.15, 0.2) is 30.3 Å². The van der Waals surface area contributed by atoms with Crippen molar-refractivity contribution >= 4 is 27.8 Å². The Hall–Kier alpha value is -2.31. The van der Waals surface area contributed by atoms with Gasteiger partial charge >= 0.3 is 0 Å². The van der Waals surface area contributed by atoms with Gasteiger partial charge in [0, 0.05) is 52.3 Å². The topological polar surface area (TPSA) is 42.6 Å². The minimum atomic E-state index is 0.120. The molecule has 0 spiro atoms. The van der Waals surface area contributed by atoms with Crippen LogP contribution in [0.2, 0.25) is 0 Å². The number of aromatic nitrogens is 2. The fourth-order valence-corrected chi connectivity index (χ4v) is 3.93. The molecule has 1 amide bonds. The smallest absolute Gasteiger partial charge is 0.270 e. The number of benzene rings is 1. The number of hydrogen-bond acceptors (Lipinski definition) is 3. The van der Waals surface area contributed by atoms with Crippen molar-refractivity contribution < 1.29 is 9.53 Å². The van der Waals surface area contributed by atoms with Gasteiger partial charge in [0.25, 0.3) is 5.91 Å². The Morgan fingerprint density at radius 1 is 1.08 bits per heavy atom. The molecule has 0 radical (unpaired) electrons. The highest BCUT2D eigenvalue weighted by molar-refractivity contribution is 6.10. The highest BCUT2D eigenvalue weighted by atomic mass is 16.5. The molecule has 6 nitrogen and oxygen atoms in total. The standard InChI is InChI=1S/C20H26N4O2/c1-21-8-10-23(11-9-21)20(25)18-14-17-19(24(18)12-13-26-3)15-6-4-5-7-16(15)22(17)2/h4-7,14H,8-13H2,1-3H3. The number of aryl methyl sites for hydroxylation is 1. The molecule has 3 heterocycles. The van der Waals surface area contributed by atoms with Crippen LogP contribution in [0, 0.1) is 0 Å². The van der Waals surface area contributed by atoms with Gasteiger partial charge in [0.1, 0.15) is 5.69 Å². The predicted octanol–water partition coefficient (Wildman–Crippen LogP) is 2.17. The van der Waals surface area contributed by atoms with Crippen molar-refractivity contribution in [1.82, 2.24) is 18.9 Å². The molecule has 2 aromatic heterocycles. The van der Waals surface area contributed by atoms with Crippen molar-refractivity contribution in [3.63, 3.8) is 0 Å². The van der Waals surface area contributed by atoms with E-state index in [9.17, 15) is 4.79 Å². The van der Waals surface area contributed by atoms with E-state index in [1.54, 1.807) is 7.11 Å². The first kappa shape index (κ1) is 17.1. The van der Waals surface area contributed by atoms with Gasteiger partial charge in [-0.25, -0.2) is 0 Å². The number of ether oxygens (including phenoxy) is 1. The molecule has 1 fully saturated rings. The highest BCUT2D eigenvalue weighted by Crippen LogP contribution is 2.31. The first-order valence-corrected chi connectivity index (χ1v) is 9.15. The van der Waals surface area contributed by atoms with Gasteiger partial charge in [0.15, 0.2) is 0 Å². The number of methoxy groups -OCH3 is 1. The van der Waals surface area contributed by atoms with Gasteiger partial charge in [-0.2, -0.15) is 0 Å². The predicted molar refractivity (Wildman–Crippen MR) is 104 cm³/mol. The van der Waals surface area contributed by atoms with E-state index in [4.69, 9.17) is 4.74 Å². The van der Waals surface area contributed by atoms with Gasteiger partial charge in [-0.1, -0.05) is 18.2 Å². The van der Waals surface area contributed by atoms with Gasteiger partial charge < -0.3 is 23.7 Å².